The molecule has 0 aliphatic heterocycles. The summed E-state index contributed by atoms with van der Waals surface area (Å²) in [5.41, 5.74) is 1.71. The standard InChI is InChI=1S/C19H27N5O3/c1-4-23(11-18(25)26)16-7-15(8-16)22-19(27)21-14-6-5-13-10-20-24(12(2)3)17(13)9-14/h5-6,9-10,12,15-16H,4,7-8,11H2,1-3H3,(H,25,26)(H2,21,22,27). The van der Waals surface area contributed by atoms with Gasteiger partial charge in [-0.2, -0.15) is 5.10 Å². The molecule has 0 atom stereocenters. The molecule has 8 nitrogen and oxygen atoms in total. The number of fused-ring (bicyclic) bond motifs is 1. The van der Waals surface area contributed by atoms with Crippen molar-refractivity contribution in [2.75, 3.05) is 18.4 Å². The Labute approximate surface area is 158 Å². The summed E-state index contributed by atoms with van der Waals surface area (Å²) in [7, 11) is 0. The minimum Gasteiger partial charge on any atom is -0.480 e. The van der Waals surface area contributed by atoms with Crippen molar-refractivity contribution in [1.82, 2.24) is 20.0 Å². The van der Waals surface area contributed by atoms with Crippen molar-refractivity contribution in [2.45, 2.75) is 51.7 Å². The third-order valence-corrected chi connectivity index (χ3v) is 5.05. The van der Waals surface area contributed by atoms with E-state index in [4.69, 9.17) is 5.11 Å². The maximum atomic E-state index is 12.3. The number of rotatable bonds is 7. The number of benzene rings is 1. The van der Waals surface area contributed by atoms with Gasteiger partial charge in [-0.25, -0.2) is 4.79 Å². The molecule has 2 amide bonds. The molecule has 0 bridgehead atoms. The summed E-state index contributed by atoms with van der Waals surface area (Å²) in [4.78, 5) is 25.1. The minimum atomic E-state index is -0.818. The van der Waals surface area contributed by atoms with E-state index < -0.39 is 5.97 Å². The van der Waals surface area contributed by atoms with Crippen molar-refractivity contribution in [3.05, 3.63) is 24.4 Å². The number of aliphatic carboxylic acids is 1. The maximum absolute atomic E-state index is 12.3. The third-order valence-electron chi connectivity index (χ3n) is 5.05. The van der Waals surface area contributed by atoms with Crippen LogP contribution in [0.2, 0.25) is 0 Å². The van der Waals surface area contributed by atoms with Gasteiger partial charge in [0.1, 0.15) is 0 Å². The fourth-order valence-corrected chi connectivity index (χ4v) is 3.56. The fraction of sp³-hybridized carbons (Fsp3) is 0.526. The Morgan fingerprint density at radius 3 is 2.74 bits per heavy atom. The highest BCUT2D eigenvalue weighted by Gasteiger charge is 2.34. The smallest absolute Gasteiger partial charge is 0.319 e. The normalized spacial score (nSPS) is 19.3. The van der Waals surface area contributed by atoms with Crippen LogP contribution in [-0.2, 0) is 4.79 Å². The Balaban J connectivity index is 1.54. The van der Waals surface area contributed by atoms with E-state index >= 15 is 0 Å². The first-order valence-electron chi connectivity index (χ1n) is 9.38. The molecule has 1 saturated carbocycles. The predicted molar refractivity (Wildman–Crippen MR) is 104 cm³/mol. The monoisotopic (exact) mass is 373 g/mol. The predicted octanol–water partition coefficient (Wildman–Crippen LogP) is 2.68. The number of nitrogens with one attached hydrogen (secondary N) is 2. The molecular weight excluding hydrogens is 346 g/mol. The summed E-state index contributed by atoms with van der Waals surface area (Å²) < 4.78 is 1.93. The molecule has 0 radical (unpaired) electrons. The van der Waals surface area contributed by atoms with Gasteiger partial charge in [0.2, 0.25) is 0 Å². The van der Waals surface area contributed by atoms with Gasteiger partial charge in [-0.1, -0.05) is 6.92 Å². The average molecular weight is 373 g/mol. The molecule has 0 spiro atoms. The van der Waals surface area contributed by atoms with Crippen LogP contribution in [0, 0.1) is 0 Å². The quantitative estimate of drug-likeness (QED) is 0.693. The fourth-order valence-electron chi connectivity index (χ4n) is 3.56. The van der Waals surface area contributed by atoms with E-state index in [1.165, 1.54) is 0 Å². The molecule has 1 aliphatic carbocycles. The van der Waals surface area contributed by atoms with Crippen LogP contribution in [0.3, 0.4) is 0 Å². The van der Waals surface area contributed by atoms with Crippen LogP contribution in [0.1, 0.15) is 39.7 Å². The molecule has 27 heavy (non-hydrogen) atoms. The number of likely N-dealkylation sites (N-methyl/N-ethyl adjacent to an activating group) is 1. The molecule has 2 aromatic rings. The summed E-state index contributed by atoms with van der Waals surface area (Å²) in [6.07, 6.45) is 3.37. The first-order valence-corrected chi connectivity index (χ1v) is 9.38. The van der Waals surface area contributed by atoms with Crippen LogP contribution in [0.15, 0.2) is 24.4 Å². The zero-order valence-electron chi connectivity index (χ0n) is 16.0. The summed E-state index contributed by atoms with van der Waals surface area (Å²) in [6, 6.07) is 6.03. The number of carbonyl (C=O) groups excluding carboxylic acids is 1. The van der Waals surface area contributed by atoms with Gasteiger partial charge in [0.05, 0.1) is 18.3 Å². The van der Waals surface area contributed by atoms with Crippen LogP contribution < -0.4 is 10.6 Å². The summed E-state index contributed by atoms with van der Waals surface area (Å²) in [6.45, 7) is 6.82. The molecule has 1 aromatic carbocycles. The number of amides is 2. The van der Waals surface area contributed by atoms with Gasteiger partial charge in [-0.15, -0.1) is 0 Å². The Morgan fingerprint density at radius 2 is 2.11 bits per heavy atom. The van der Waals surface area contributed by atoms with E-state index in [-0.39, 0.29) is 30.7 Å². The average Bonchev–Trinajstić information content (AvgIpc) is 2.99. The molecule has 0 unspecified atom stereocenters. The second kappa shape index (κ2) is 7.96. The van der Waals surface area contributed by atoms with Crippen molar-refractivity contribution in [1.29, 1.82) is 0 Å². The van der Waals surface area contributed by atoms with Gasteiger partial charge >= 0.3 is 12.0 Å². The van der Waals surface area contributed by atoms with Crippen molar-refractivity contribution in [3.8, 4) is 0 Å². The number of aromatic nitrogens is 2. The first kappa shape index (κ1) is 19.2. The van der Waals surface area contributed by atoms with Gasteiger partial charge in [0.15, 0.2) is 0 Å². The molecule has 3 N–H and O–H groups in total. The molecule has 1 fully saturated rings. The van der Waals surface area contributed by atoms with Gasteiger partial charge in [0, 0.05) is 29.2 Å². The molecule has 1 heterocycles. The largest absolute Gasteiger partial charge is 0.480 e. The Morgan fingerprint density at radius 1 is 1.37 bits per heavy atom. The lowest BCUT2D eigenvalue weighted by Gasteiger charge is -2.42. The van der Waals surface area contributed by atoms with E-state index in [1.807, 2.05) is 40.9 Å². The SMILES string of the molecule is CCN(CC(=O)O)C1CC(NC(=O)Nc2ccc3cnn(C(C)C)c3c2)C1. The second-order valence-corrected chi connectivity index (χ2v) is 7.33. The number of hydrogen-bond donors (Lipinski definition) is 3. The summed E-state index contributed by atoms with van der Waals surface area (Å²) in [5.74, 6) is -0.818. The summed E-state index contributed by atoms with van der Waals surface area (Å²) in [5, 5.41) is 20.2. The zero-order chi connectivity index (χ0) is 19.6. The molecule has 146 valence electrons. The van der Waals surface area contributed by atoms with E-state index in [0.717, 1.165) is 29.4 Å². The van der Waals surface area contributed by atoms with Crippen molar-refractivity contribution in [2.24, 2.45) is 0 Å². The topological polar surface area (TPSA) is 99.5 Å². The number of nitrogens with zero attached hydrogens (tertiary/aromatic N) is 3. The Kier molecular flexibility index (Phi) is 5.65. The van der Waals surface area contributed by atoms with Crippen LogP contribution in [-0.4, -0.2) is 57.0 Å². The number of anilines is 1. The van der Waals surface area contributed by atoms with E-state index in [9.17, 15) is 9.59 Å². The number of hydrogen-bond acceptors (Lipinski definition) is 4. The van der Waals surface area contributed by atoms with Gasteiger partial charge in [-0.3, -0.25) is 14.4 Å². The minimum absolute atomic E-state index is 0.0453. The van der Waals surface area contributed by atoms with Crippen molar-refractivity contribution in [3.63, 3.8) is 0 Å². The van der Waals surface area contributed by atoms with Gasteiger partial charge in [0.25, 0.3) is 0 Å². The lowest BCUT2D eigenvalue weighted by molar-refractivity contribution is -0.139. The number of carbonyl (C=O) groups is 2. The number of carboxylic acids is 1. The highest BCUT2D eigenvalue weighted by atomic mass is 16.4. The van der Waals surface area contributed by atoms with E-state index in [0.29, 0.717) is 6.54 Å². The van der Waals surface area contributed by atoms with Gasteiger partial charge < -0.3 is 15.7 Å². The molecule has 0 saturated heterocycles. The third kappa shape index (κ3) is 4.39. The highest BCUT2D eigenvalue weighted by molar-refractivity contribution is 5.92. The number of urea groups is 1. The van der Waals surface area contributed by atoms with Crippen LogP contribution in [0.5, 0.6) is 0 Å². The zero-order valence-corrected chi connectivity index (χ0v) is 16.0. The highest BCUT2D eigenvalue weighted by Crippen LogP contribution is 2.26. The van der Waals surface area contributed by atoms with Crippen molar-refractivity contribution < 1.29 is 14.7 Å². The first-order chi connectivity index (χ1) is 12.9. The summed E-state index contributed by atoms with van der Waals surface area (Å²) >= 11 is 0. The van der Waals surface area contributed by atoms with Crippen LogP contribution in [0.25, 0.3) is 10.9 Å². The van der Waals surface area contributed by atoms with Gasteiger partial charge in [-0.05, 0) is 51.4 Å². The maximum Gasteiger partial charge on any atom is 0.319 e. The molecule has 8 heteroatoms. The molecular formula is C19H27N5O3. The van der Waals surface area contributed by atoms with E-state index in [1.54, 1.807) is 0 Å². The lowest BCUT2D eigenvalue weighted by Crippen LogP contribution is -2.55. The molecule has 3 rings (SSSR count). The van der Waals surface area contributed by atoms with Crippen molar-refractivity contribution >= 4 is 28.6 Å². The molecule has 1 aromatic heterocycles. The lowest BCUT2D eigenvalue weighted by atomic mass is 9.85. The molecule has 1 aliphatic rings. The van der Waals surface area contributed by atoms with E-state index in [2.05, 4.69) is 29.6 Å². The van der Waals surface area contributed by atoms with Crippen LogP contribution in [0.4, 0.5) is 10.5 Å². The Bertz CT molecular complexity index is 826. The number of carboxylic acid groups (broad SMARTS) is 1. The second-order valence-electron chi connectivity index (χ2n) is 7.33. The Hall–Kier alpha value is -2.61. The van der Waals surface area contributed by atoms with Crippen LogP contribution >= 0.6 is 0 Å².